The van der Waals surface area contributed by atoms with Gasteiger partial charge in [-0.15, -0.1) is 0 Å². The first-order valence-electron chi connectivity index (χ1n) is 11.8. The Kier molecular flexibility index (Phi) is 8.57. The fraction of sp³-hybridized carbons (Fsp3) is 0.296. The summed E-state index contributed by atoms with van der Waals surface area (Å²) in [4.78, 5) is 15.1. The van der Waals surface area contributed by atoms with Crippen molar-refractivity contribution in [3.05, 3.63) is 99.0 Å². The van der Waals surface area contributed by atoms with Crippen LogP contribution in [0.3, 0.4) is 0 Å². The molecule has 36 heavy (non-hydrogen) atoms. The molecule has 0 aromatic heterocycles. The highest BCUT2D eigenvalue weighted by Gasteiger charge is 2.19. The minimum Gasteiger partial charge on any atom is -0.348 e. The van der Waals surface area contributed by atoms with Crippen molar-refractivity contribution >= 4 is 44.8 Å². The number of rotatable bonds is 9. The number of likely N-dealkylation sites (tertiary alicyclic amines) is 1. The molecule has 9 heteroatoms. The van der Waals surface area contributed by atoms with Crippen molar-refractivity contribution in [3.8, 4) is 0 Å². The van der Waals surface area contributed by atoms with Crippen molar-refractivity contribution in [1.29, 1.82) is 0 Å². The van der Waals surface area contributed by atoms with Gasteiger partial charge in [0.25, 0.3) is 5.91 Å². The van der Waals surface area contributed by atoms with Gasteiger partial charge in [0.05, 0.1) is 18.5 Å². The van der Waals surface area contributed by atoms with Crippen molar-refractivity contribution in [2.24, 2.45) is 0 Å². The van der Waals surface area contributed by atoms with E-state index in [1.54, 1.807) is 42.5 Å². The molecule has 1 aliphatic heterocycles. The van der Waals surface area contributed by atoms with E-state index in [2.05, 4.69) is 34.5 Å². The summed E-state index contributed by atoms with van der Waals surface area (Å²) in [6.45, 7) is 3.82. The van der Waals surface area contributed by atoms with Gasteiger partial charge in [-0.25, -0.2) is 8.42 Å². The number of nitrogens with zero attached hydrogens (tertiary/aromatic N) is 2. The third-order valence-corrected chi connectivity index (χ3v) is 7.74. The molecule has 3 aromatic carbocycles. The molecule has 1 amide bonds. The van der Waals surface area contributed by atoms with Crippen LogP contribution in [0.1, 0.15) is 39.9 Å². The summed E-state index contributed by atoms with van der Waals surface area (Å²) < 4.78 is 26.1. The lowest BCUT2D eigenvalue weighted by Gasteiger charge is -2.23. The first-order valence-corrected chi connectivity index (χ1v) is 14.4. The number of nitrogens with one attached hydrogen (secondary N) is 1. The van der Waals surface area contributed by atoms with Gasteiger partial charge in [-0.3, -0.25) is 14.0 Å². The van der Waals surface area contributed by atoms with Gasteiger partial charge in [0.15, 0.2) is 0 Å². The monoisotopic (exact) mass is 545 g/mol. The van der Waals surface area contributed by atoms with Crippen LogP contribution in [0, 0.1) is 0 Å². The van der Waals surface area contributed by atoms with E-state index in [1.807, 2.05) is 0 Å². The Morgan fingerprint density at radius 2 is 1.44 bits per heavy atom. The summed E-state index contributed by atoms with van der Waals surface area (Å²) >= 11 is 12.1. The van der Waals surface area contributed by atoms with E-state index in [0.29, 0.717) is 27.8 Å². The second kappa shape index (κ2) is 11.6. The topological polar surface area (TPSA) is 69.7 Å². The molecule has 1 N–H and O–H groups in total. The molecule has 6 nitrogen and oxygen atoms in total. The van der Waals surface area contributed by atoms with Gasteiger partial charge in [-0.05, 0) is 73.0 Å². The normalized spacial score (nSPS) is 14.1. The van der Waals surface area contributed by atoms with Crippen LogP contribution in [0.4, 0.5) is 5.69 Å². The minimum atomic E-state index is -3.59. The number of hydrogen-bond acceptors (Lipinski definition) is 4. The summed E-state index contributed by atoms with van der Waals surface area (Å²) in [7, 11) is -3.59. The molecule has 3 aromatic rings. The first-order chi connectivity index (χ1) is 17.2. The van der Waals surface area contributed by atoms with Crippen molar-refractivity contribution in [2.45, 2.75) is 32.5 Å². The van der Waals surface area contributed by atoms with E-state index >= 15 is 0 Å². The number of hydrogen-bond donors (Lipinski definition) is 1. The molecular formula is C27H29Cl2N3O3S. The quantitative estimate of drug-likeness (QED) is 0.386. The Hall–Kier alpha value is -2.58. The van der Waals surface area contributed by atoms with E-state index in [9.17, 15) is 13.2 Å². The average molecular weight is 547 g/mol. The molecule has 0 aliphatic carbocycles. The van der Waals surface area contributed by atoms with Crippen LogP contribution < -0.4 is 9.62 Å². The number of benzene rings is 3. The van der Waals surface area contributed by atoms with Crippen molar-refractivity contribution in [3.63, 3.8) is 0 Å². The molecule has 190 valence electrons. The Morgan fingerprint density at radius 1 is 0.889 bits per heavy atom. The van der Waals surface area contributed by atoms with Gasteiger partial charge in [0.1, 0.15) is 0 Å². The molecular weight excluding hydrogens is 517 g/mol. The lowest BCUT2D eigenvalue weighted by Crippen LogP contribution is -2.29. The fourth-order valence-electron chi connectivity index (χ4n) is 4.26. The zero-order valence-corrected chi connectivity index (χ0v) is 22.4. The number of halogens is 2. The van der Waals surface area contributed by atoms with Crippen LogP contribution in [0.15, 0.2) is 66.7 Å². The Morgan fingerprint density at radius 3 is 2.03 bits per heavy atom. The third kappa shape index (κ3) is 7.23. The van der Waals surface area contributed by atoms with E-state index in [4.69, 9.17) is 23.2 Å². The minimum absolute atomic E-state index is 0.0845. The van der Waals surface area contributed by atoms with Gasteiger partial charge in [0, 0.05) is 28.7 Å². The highest BCUT2D eigenvalue weighted by Crippen LogP contribution is 2.28. The molecule has 0 spiro atoms. The summed E-state index contributed by atoms with van der Waals surface area (Å²) in [5.41, 5.74) is 3.92. The zero-order valence-electron chi connectivity index (χ0n) is 20.1. The van der Waals surface area contributed by atoms with E-state index < -0.39 is 10.0 Å². The molecule has 1 fully saturated rings. The summed E-state index contributed by atoms with van der Waals surface area (Å²) in [5.74, 6) is -0.190. The van der Waals surface area contributed by atoms with Crippen LogP contribution in [0.2, 0.25) is 10.0 Å². The molecule has 0 unspecified atom stereocenters. The number of carbonyl (C=O) groups is 1. The van der Waals surface area contributed by atoms with E-state index in [0.717, 1.165) is 37.0 Å². The Balaban J connectivity index is 1.35. The zero-order chi connectivity index (χ0) is 25.7. The van der Waals surface area contributed by atoms with Crippen LogP contribution >= 0.6 is 23.2 Å². The van der Waals surface area contributed by atoms with Gasteiger partial charge in [-0.2, -0.15) is 0 Å². The predicted molar refractivity (Wildman–Crippen MR) is 146 cm³/mol. The summed E-state index contributed by atoms with van der Waals surface area (Å²) in [6.07, 6.45) is 3.68. The van der Waals surface area contributed by atoms with Gasteiger partial charge < -0.3 is 5.32 Å². The molecule has 1 saturated heterocycles. The van der Waals surface area contributed by atoms with E-state index in [1.165, 1.54) is 22.7 Å². The van der Waals surface area contributed by atoms with Crippen LogP contribution in [-0.4, -0.2) is 38.6 Å². The highest BCUT2D eigenvalue weighted by molar-refractivity contribution is 7.92. The first kappa shape index (κ1) is 26.5. The lowest BCUT2D eigenvalue weighted by molar-refractivity contribution is 0.0951. The van der Waals surface area contributed by atoms with Gasteiger partial charge in [0.2, 0.25) is 10.0 Å². The molecule has 0 bridgehead atoms. The van der Waals surface area contributed by atoms with Crippen LogP contribution in [0.5, 0.6) is 0 Å². The largest absolute Gasteiger partial charge is 0.348 e. The van der Waals surface area contributed by atoms with Crippen LogP contribution in [0.25, 0.3) is 0 Å². The SMILES string of the molecule is CS(=O)(=O)N(Cc1ccc(C(=O)NCc2ccc(CN3CCCC3)cc2)cc1)c1cc(Cl)cc(Cl)c1. The third-order valence-electron chi connectivity index (χ3n) is 6.16. The molecule has 1 heterocycles. The van der Waals surface area contributed by atoms with Crippen molar-refractivity contribution in [1.82, 2.24) is 10.2 Å². The average Bonchev–Trinajstić information content (AvgIpc) is 3.34. The standard InChI is InChI=1S/C27H29Cl2N3O3S/c1-36(34,35)32(26-15-24(28)14-25(29)16-26)19-22-8-10-23(11-9-22)27(33)30-17-20-4-6-21(7-5-20)18-31-12-2-3-13-31/h4-11,14-16H,2-3,12-13,17-19H2,1H3,(H,30,33). The number of sulfonamides is 1. The number of carbonyl (C=O) groups excluding carboxylic acids is 1. The van der Waals surface area contributed by atoms with Gasteiger partial charge in [-0.1, -0.05) is 59.6 Å². The van der Waals surface area contributed by atoms with E-state index in [-0.39, 0.29) is 12.5 Å². The molecule has 1 aliphatic rings. The Bertz CT molecular complexity index is 1290. The summed E-state index contributed by atoms with van der Waals surface area (Å²) in [6, 6.07) is 19.9. The van der Waals surface area contributed by atoms with Crippen molar-refractivity contribution < 1.29 is 13.2 Å². The van der Waals surface area contributed by atoms with Crippen molar-refractivity contribution in [2.75, 3.05) is 23.7 Å². The molecule has 4 rings (SSSR count). The number of anilines is 1. The highest BCUT2D eigenvalue weighted by atomic mass is 35.5. The number of amides is 1. The Labute approximate surface area is 222 Å². The maximum Gasteiger partial charge on any atom is 0.251 e. The smallest absolute Gasteiger partial charge is 0.251 e. The second-order valence-corrected chi connectivity index (χ2v) is 11.9. The van der Waals surface area contributed by atoms with Crippen LogP contribution in [-0.2, 0) is 29.7 Å². The molecule has 0 radical (unpaired) electrons. The molecule has 0 atom stereocenters. The van der Waals surface area contributed by atoms with Gasteiger partial charge >= 0.3 is 0 Å². The molecule has 0 saturated carbocycles. The maximum absolute atomic E-state index is 12.7. The maximum atomic E-state index is 12.7. The predicted octanol–water partition coefficient (Wildman–Crippen LogP) is 5.49. The summed E-state index contributed by atoms with van der Waals surface area (Å²) in [5, 5.41) is 3.64. The lowest BCUT2D eigenvalue weighted by atomic mass is 10.1. The second-order valence-electron chi connectivity index (χ2n) is 9.08. The fourth-order valence-corrected chi connectivity index (χ4v) is 5.64.